The normalized spacial score (nSPS) is 14.8. The van der Waals surface area contributed by atoms with Crippen LogP contribution in [0.3, 0.4) is 0 Å². The van der Waals surface area contributed by atoms with Crippen LogP contribution in [0.15, 0.2) is 0 Å². The molecule has 0 saturated heterocycles. The molecule has 0 fully saturated rings. The predicted molar refractivity (Wildman–Crippen MR) is 101 cm³/mol. The number of carbonyl (C=O) groups excluding carboxylic acids is 1. The van der Waals surface area contributed by atoms with Gasteiger partial charge in [-0.2, -0.15) is 0 Å². The van der Waals surface area contributed by atoms with Gasteiger partial charge >= 0.3 is 0 Å². The van der Waals surface area contributed by atoms with E-state index in [1.165, 1.54) is 11.2 Å². The lowest BCUT2D eigenvalue weighted by atomic mass is 10.3. The van der Waals surface area contributed by atoms with Crippen LogP contribution in [0, 0.1) is 0 Å². The smallest absolute Gasteiger partial charge is 0.259 e. The molecule has 0 bridgehead atoms. The minimum atomic E-state index is -2.00. The van der Waals surface area contributed by atoms with E-state index in [-0.39, 0.29) is 5.12 Å². The van der Waals surface area contributed by atoms with Crippen LogP contribution in [-0.2, 0) is 9.22 Å². The van der Waals surface area contributed by atoms with E-state index >= 15 is 0 Å². The fourth-order valence-electron chi connectivity index (χ4n) is 2.89. The van der Waals surface area contributed by atoms with E-state index in [0.29, 0.717) is 12.8 Å². The van der Waals surface area contributed by atoms with Crippen LogP contribution >= 0.6 is 11.2 Å². The minimum Gasteiger partial charge on any atom is -0.404 e. The summed E-state index contributed by atoms with van der Waals surface area (Å²) in [5.74, 6) is 0. The maximum Gasteiger partial charge on any atom is 0.259 e. The number of likely N-dealkylation sites (N-methyl/N-ethyl adjacent to an activating group) is 2. The van der Waals surface area contributed by atoms with Crippen LogP contribution in [0.1, 0.15) is 48.0 Å². The highest BCUT2D eigenvalue weighted by Crippen LogP contribution is 2.28. The highest BCUT2D eigenvalue weighted by atomic mass is 32.4. The standard InChI is InChI=1S/C16H36N2O2SSi/c1-8-13-22(7,21-15(6)19)20-14-16(17(9-2)10-3)18(11-4)12-5/h16H,8-14H2,1-7H3. The van der Waals surface area contributed by atoms with Gasteiger partial charge in [-0.05, 0) is 38.8 Å². The second kappa shape index (κ2) is 11.6. The lowest BCUT2D eigenvalue weighted by Crippen LogP contribution is -2.52. The summed E-state index contributed by atoms with van der Waals surface area (Å²) in [4.78, 5) is 16.5. The SMILES string of the molecule is CCC[Si](C)(OCC(N(CC)CC)N(CC)CC)SC(C)=O. The van der Waals surface area contributed by atoms with Gasteiger partial charge in [0.1, 0.15) is 0 Å². The molecule has 0 amide bonds. The molecule has 0 heterocycles. The Morgan fingerprint density at radius 2 is 1.50 bits per heavy atom. The lowest BCUT2D eigenvalue weighted by Gasteiger charge is -2.39. The van der Waals surface area contributed by atoms with E-state index in [4.69, 9.17) is 4.43 Å². The van der Waals surface area contributed by atoms with Gasteiger partial charge in [0.05, 0.1) is 12.8 Å². The summed E-state index contributed by atoms with van der Waals surface area (Å²) in [5, 5.41) is 0.185. The van der Waals surface area contributed by atoms with Crippen molar-refractivity contribution in [2.75, 3.05) is 32.8 Å². The molecule has 1 atom stereocenters. The van der Waals surface area contributed by atoms with Crippen molar-refractivity contribution in [3.8, 4) is 0 Å². The van der Waals surface area contributed by atoms with Crippen LogP contribution in [0.4, 0.5) is 0 Å². The molecule has 132 valence electrons. The van der Waals surface area contributed by atoms with Gasteiger partial charge in [0.25, 0.3) is 7.47 Å². The molecule has 4 nitrogen and oxygen atoms in total. The molecule has 0 radical (unpaired) electrons. The first-order valence-corrected chi connectivity index (χ1v) is 12.8. The van der Waals surface area contributed by atoms with Crippen molar-refractivity contribution in [1.29, 1.82) is 0 Å². The molecule has 0 saturated carbocycles. The first-order chi connectivity index (χ1) is 10.4. The Labute approximate surface area is 142 Å². The van der Waals surface area contributed by atoms with Gasteiger partial charge < -0.3 is 4.43 Å². The van der Waals surface area contributed by atoms with Gasteiger partial charge in [-0.25, -0.2) is 0 Å². The van der Waals surface area contributed by atoms with Gasteiger partial charge in [0, 0.05) is 6.92 Å². The highest BCUT2D eigenvalue weighted by Gasteiger charge is 2.33. The average molecular weight is 349 g/mol. The van der Waals surface area contributed by atoms with E-state index in [9.17, 15) is 4.79 Å². The van der Waals surface area contributed by atoms with Crippen molar-refractivity contribution in [3.05, 3.63) is 0 Å². The molecule has 0 rings (SSSR count). The Hall–Kier alpha value is 0.117. The summed E-state index contributed by atoms with van der Waals surface area (Å²) in [6.45, 7) is 19.6. The largest absolute Gasteiger partial charge is 0.404 e. The van der Waals surface area contributed by atoms with Gasteiger partial charge in [0.15, 0.2) is 5.12 Å². The van der Waals surface area contributed by atoms with Crippen molar-refractivity contribution in [2.45, 2.75) is 66.7 Å². The molecule has 0 spiro atoms. The number of rotatable bonds is 12. The summed E-state index contributed by atoms with van der Waals surface area (Å²) in [7, 11) is -2.00. The Balaban J connectivity index is 4.99. The number of carbonyl (C=O) groups is 1. The van der Waals surface area contributed by atoms with E-state index in [1.54, 1.807) is 6.92 Å². The lowest BCUT2D eigenvalue weighted by molar-refractivity contribution is -0.109. The zero-order chi connectivity index (χ0) is 17.2. The van der Waals surface area contributed by atoms with Crippen LogP contribution in [0.25, 0.3) is 0 Å². The van der Waals surface area contributed by atoms with Crippen LogP contribution in [0.2, 0.25) is 12.6 Å². The van der Waals surface area contributed by atoms with Gasteiger partial charge in [-0.15, -0.1) is 0 Å². The quantitative estimate of drug-likeness (QED) is 0.396. The first kappa shape index (κ1) is 22.1. The number of hydrogen-bond acceptors (Lipinski definition) is 5. The molecular formula is C16H36N2O2SSi. The molecular weight excluding hydrogens is 312 g/mol. The van der Waals surface area contributed by atoms with Crippen LogP contribution < -0.4 is 0 Å². The third-order valence-electron chi connectivity index (χ3n) is 4.07. The van der Waals surface area contributed by atoms with E-state index < -0.39 is 7.47 Å². The molecule has 1 unspecified atom stereocenters. The molecule has 0 aliphatic carbocycles. The summed E-state index contributed by atoms with van der Waals surface area (Å²) >= 11 is 1.46. The van der Waals surface area contributed by atoms with Crippen LogP contribution in [0.5, 0.6) is 0 Å². The van der Waals surface area contributed by atoms with Gasteiger partial charge in [0.2, 0.25) is 0 Å². The Kier molecular flexibility index (Phi) is 11.7. The van der Waals surface area contributed by atoms with Crippen molar-refractivity contribution < 1.29 is 9.22 Å². The predicted octanol–water partition coefficient (Wildman–Crippen LogP) is 3.77. The third kappa shape index (κ3) is 7.59. The van der Waals surface area contributed by atoms with Gasteiger partial charge in [-0.3, -0.25) is 14.6 Å². The minimum absolute atomic E-state index is 0.185. The highest BCUT2D eigenvalue weighted by molar-refractivity contribution is 8.38. The van der Waals surface area contributed by atoms with Crippen molar-refractivity contribution in [1.82, 2.24) is 9.80 Å². The van der Waals surface area contributed by atoms with E-state index in [1.807, 2.05) is 0 Å². The molecule has 0 aromatic carbocycles. The monoisotopic (exact) mass is 348 g/mol. The summed E-state index contributed by atoms with van der Waals surface area (Å²) in [6.07, 6.45) is 1.38. The van der Waals surface area contributed by atoms with Crippen molar-refractivity contribution in [2.24, 2.45) is 0 Å². The van der Waals surface area contributed by atoms with Crippen LogP contribution in [-0.4, -0.2) is 61.3 Å². The molecule has 6 heteroatoms. The zero-order valence-corrected chi connectivity index (χ0v) is 17.5. The Morgan fingerprint density at radius 3 is 1.82 bits per heavy atom. The fraction of sp³-hybridized carbons (Fsp3) is 0.938. The topological polar surface area (TPSA) is 32.8 Å². The molecule has 0 aromatic rings. The van der Waals surface area contributed by atoms with Crippen molar-refractivity contribution >= 4 is 23.8 Å². The maximum atomic E-state index is 11.6. The van der Waals surface area contributed by atoms with Gasteiger partial charge in [-0.1, -0.05) is 52.3 Å². The second-order valence-electron chi connectivity index (χ2n) is 5.71. The summed E-state index contributed by atoms with van der Waals surface area (Å²) in [5.41, 5.74) is 0. The summed E-state index contributed by atoms with van der Waals surface area (Å²) < 4.78 is 6.41. The molecule has 0 aromatic heterocycles. The molecule has 0 aliphatic heterocycles. The zero-order valence-electron chi connectivity index (χ0n) is 15.6. The molecule has 0 aliphatic rings. The van der Waals surface area contributed by atoms with Crippen molar-refractivity contribution in [3.63, 3.8) is 0 Å². The second-order valence-corrected chi connectivity index (χ2v) is 12.7. The third-order valence-corrected chi connectivity index (χ3v) is 10.1. The molecule has 0 N–H and O–H groups in total. The fourth-order valence-corrected chi connectivity index (χ4v) is 8.34. The first-order valence-electron chi connectivity index (χ1n) is 8.68. The average Bonchev–Trinajstić information content (AvgIpc) is 2.45. The summed E-state index contributed by atoms with van der Waals surface area (Å²) in [6, 6.07) is 1.03. The van der Waals surface area contributed by atoms with E-state index in [2.05, 4.69) is 51.0 Å². The van der Waals surface area contributed by atoms with E-state index in [0.717, 1.165) is 38.6 Å². The number of nitrogens with zero attached hydrogens (tertiary/aromatic N) is 2. The number of hydrogen-bond donors (Lipinski definition) is 0. The maximum absolute atomic E-state index is 11.6. The Morgan fingerprint density at radius 1 is 1.05 bits per heavy atom. The molecule has 22 heavy (non-hydrogen) atoms. The Bertz CT molecular complexity index is 301.